The lowest BCUT2D eigenvalue weighted by Gasteiger charge is -2.33. The van der Waals surface area contributed by atoms with Gasteiger partial charge < -0.3 is 5.11 Å². The highest BCUT2D eigenvalue weighted by atomic mass is 32.1. The number of halogens is 1. The van der Waals surface area contributed by atoms with Crippen molar-refractivity contribution in [2.24, 2.45) is 5.92 Å². The van der Waals surface area contributed by atoms with Crippen molar-refractivity contribution in [1.82, 2.24) is 9.97 Å². The highest BCUT2D eigenvalue weighted by molar-refractivity contribution is 7.19. The number of carbonyl (C=O) groups is 1. The first-order chi connectivity index (χ1) is 9.39. The largest absolute Gasteiger partial charge is 0.476 e. The number of fused-ring (bicyclic) bond motifs is 2. The van der Waals surface area contributed by atoms with Crippen molar-refractivity contribution in [3.63, 3.8) is 0 Å². The fourth-order valence-electron chi connectivity index (χ4n) is 2.63. The van der Waals surface area contributed by atoms with E-state index in [0.717, 1.165) is 22.6 Å². The topological polar surface area (TPSA) is 63.1 Å². The van der Waals surface area contributed by atoms with Gasteiger partial charge in [-0.25, -0.2) is 19.2 Å². The number of alkyl halides is 1. The second kappa shape index (κ2) is 4.48. The Kier molecular flexibility index (Phi) is 3.01. The second-order valence-corrected chi connectivity index (χ2v) is 6.59. The minimum atomic E-state index is -1.20. The third-order valence-electron chi connectivity index (χ3n) is 4.03. The van der Waals surface area contributed by atoms with Crippen LogP contribution in [0.1, 0.15) is 41.3 Å². The molecule has 0 aliphatic heterocycles. The first-order valence-electron chi connectivity index (χ1n) is 6.60. The maximum absolute atomic E-state index is 14.8. The molecule has 6 heteroatoms. The van der Waals surface area contributed by atoms with Crippen molar-refractivity contribution in [2.45, 2.75) is 38.8 Å². The average molecular weight is 294 g/mol. The molecule has 1 aliphatic carbocycles. The number of rotatable bonds is 2. The Morgan fingerprint density at radius 3 is 2.90 bits per heavy atom. The summed E-state index contributed by atoms with van der Waals surface area (Å²) >= 11 is 1.07. The molecule has 0 aromatic carbocycles. The zero-order chi connectivity index (χ0) is 14.5. The molecule has 20 heavy (non-hydrogen) atoms. The van der Waals surface area contributed by atoms with E-state index in [9.17, 15) is 9.18 Å². The maximum atomic E-state index is 14.8. The number of pyridine rings is 1. The van der Waals surface area contributed by atoms with Crippen LogP contribution in [0.5, 0.6) is 0 Å². The van der Waals surface area contributed by atoms with Crippen LogP contribution in [0.4, 0.5) is 4.39 Å². The highest BCUT2D eigenvalue weighted by Crippen LogP contribution is 2.38. The third kappa shape index (κ3) is 2.08. The van der Waals surface area contributed by atoms with E-state index in [0.29, 0.717) is 29.6 Å². The molecule has 1 atom stereocenters. The number of nitrogens with zero attached hydrogens (tertiary/aromatic N) is 2. The quantitative estimate of drug-likeness (QED) is 0.923. The molecular formula is C14H15FN2O2S. The fraction of sp³-hybridized carbons (Fsp3) is 0.500. The number of thiazole rings is 1. The summed E-state index contributed by atoms with van der Waals surface area (Å²) < 4.78 is 14.8. The molecule has 0 amide bonds. The molecule has 0 unspecified atom stereocenters. The molecule has 2 aromatic heterocycles. The van der Waals surface area contributed by atoms with Gasteiger partial charge in [0.25, 0.3) is 0 Å². The summed E-state index contributed by atoms with van der Waals surface area (Å²) in [7, 11) is 0. The summed E-state index contributed by atoms with van der Waals surface area (Å²) in [6.07, 6.45) is 1.41. The van der Waals surface area contributed by atoms with E-state index >= 15 is 0 Å². The Morgan fingerprint density at radius 1 is 1.50 bits per heavy atom. The Bertz CT molecular complexity index is 698. The predicted octanol–water partition coefficient (Wildman–Crippen LogP) is 3.24. The van der Waals surface area contributed by atoms with E-state index in [1.54, 1.807) is 6.07 Å². The van der Waals surface area contributed by atoms with E-state index in [-0.39, 0.29) is 10.9 Å². The first-order valence-corrected chi connectivity index (χ1v) is 7.42. The average Bonchev–Trinajstić information content (AvgIpc) is 2.78. The Labute approximate surface area is 119 Å². The molecule has 0 fully saturated rings. The van der Waals surface area contributed by atoms with Crippen molar-refractivity contribution < 1.29 is 14.3 Å². The van der Waals surface area contributed by atoms with Gasteiger partial charge in [-0.3, -0.25) is 0 Å². The number of aromatic carboxylic acids is 1. The van der Waals surface area contributed by atoms with E-state index in [2.05, 4.69) is 9.97 Å². The van der Waals surface area contributed by atoms with Gasteiger partial charge in [0.05, 0.1) is 0 Å². The molecule has 106 valence electrons. The van der Waals surface area contributed by atoms with E-state index < -0.39 is 11.6 Å². The monoisotopic (exact) mass is 294 g/mol. The Balaban J connectivity index is 2.06. The molecule has 0 saturated carbocycles. The molecule has 1 N–H and O–H groups in total. The summed E-state index contributed by atoms with van der Waals surface area (Å²) in [4.78, 5) is 20.1. The first kappa shape index (κ1) is 13.4. The molecule has 0 radical (unpaired) electrons. The minimum Gasteiger partial charge on any atom is -0.476 e. The summed E-state index contributed by atoms with van der Waals surface area (Å²) in [5.74, 6) is -1.09. The van der Waals surface area contributed by atoms with E-state index in [1.807, 2.05) is 13.8 Å². The SMILES string of the molecule is CC(C)[C@@]1(F)CCc2nc3sc(C(=O)O)nc3cc2C1. The molecular weight excluding hydrogens is 279 g/mol. The van der Waals surface area contributed by atoms with Crippen LogP contribution in [0.25, 0.3) is 10.3 Å². The van der Waals surface area contributed by atoms with E-state index in [4.69, 9.17) is 5.11 Å². The smallest absolute Gasteiger partial charge is 0.365 e. The minimum absolute atomic E-state index is 0.0326. The van der Waals surface area contributed by atoms with Crippen molar-refractivity contribution in [3.05, 3.63) is 22.3 Å². The molecule has 0 spiro atoms. The molecule has 4 nitrogen and oxygen atoms in total. The molecule has 0 saturated heterocycles. The number of aromatic nitrogens is 2. The van der Waals surface area contributed by atoms with Gasteiger partial charge in [-0.1, -0.05) is 25.2 Å². The van der Waals surface area contributed by atoms with Gasteiger partial charge in [0.1, 0.15) is 16.0 Å². The van der Waals surface area contributed by atoms with Crippen LogP contribution in [0.2, 0.25) is 0 Å². The summed E-state index contributed by atoms with van der Waals surface area (Å²) in [5.41, 5.74) is 1.10. The maximum Gasteiger partial charge on any atom is 0.365 e. The van der Waals surface area contributed by atoms with Gasteiger partial charge >= 0.3 is 5.97 Å². The number of carboxylic acids is 1. The van der Waals surface area contributed by atoms with Crippen LogP contribution in [0.3, 0.4) is 0 Å². The van der Waals surface area contributed by atoms with Crippen molar-refractivity contribution in [2.75, 3.05) is 0 Å². The van der Waals surface area contributed by atoms with Gasteiger partial charge in [-0.15, -0.1) is 0 Å². The van der Waals surface area contributed by atoms with Crippen LogP contribution in [0.15, 0.2) is 6.07 Å². The number of aryl methyl sites for hydroxylation is 1. The van der Waals surface area contributed by atoms with Crippen molar-refractivity contribution >= 4 is 27.7 Å². The van der Waals surface area contributed by atoms with Gasteiger partial charge in [0.2, 0.25) is 5.01 Å². The number of carboxylic acid groups (broad SMARTS) is 1. The second-order valence-electron chi connectivity index (χ2n) is 5.61. The lowest BCUT2D eigenvalue weighted by Crippen LogP contribution is -2.36. The van der Waals surface area contributed by atoms with Gasteiger partial charge in [-0.05, 0) is 30.4 Å². The van der Waals surface area contributed by atoms with Crippen molar-refractivity contribution in [1.29, 1.82) is 0 Å². The molecule has 1 aliphatic rings. The van der Waals surface area contributed by atoms with Gasteiger partial charge in [0.15, 0.2) is 0 Å². The number of hydrogen-bond acceptors (Lipinski definition) is 4. The zero-order valence-corrected chi connectivity index (χ0v) is 12.1. The highest BCUT2D eigenvalue weighted by Gasteiger charge is 2.38. The van der Waals surface area contributed by atoms with Gasteiger partial charge in [0, 0.05) is 12.1 Å². The Morgan fingerprint density at radius 2 is 2.25 bits per heavy atom. The third-order valence-corrected chi connectivity index (χ3v) is 4.99. The van der Waals surface area contributed by atoms with E-state index in [1.165, 1.54) is 0 Å². The van der Waals surface area contributed by atoms with Crippen LogP contribution >= 0.6 is 11.3 Å². The standard InChI is InChI=1S/C14H15FN2O2S/c1-7(2)14(15)4-3-9-8(6-14)5-10-11(16-9)20-12(17-10)13(18)19/h5,7H,3-4,6H2,1-2H3,(H,18,19)/t14-/m1/s1. The lowest BCUT2D eigenvalue weighted by molar-refractivity contribution is 0.0696. The predicted molar refractivity (Wildman–Crippen MR) is 75.1 cm³/mol. The normalized spacial score (nSPS) is 22.2. The van der Waals surface area contributed by atoms with Gasteiger partial charge in [-0.2, -0.15) is 0 Å². The van der Waals surface area contributed by atoms with Crippen LogP contribution in [0, 0.1) is 5.92 Å². The molecule has 2 aromatic rings. The molecule has 3 rings (SSSR count). The number of hydrogen-bond donors (Lipinski definition) is 1. The Hall–Kier alpha value is -1.56. The summed E-state index contributed by atoms with van der Waals surface area (Å²) in [5, 5.41) is 9.00. The van der Waals surface area contributed by atoms with Crippen LogP contribution in [-0.4, -0.2) is 26.7 Å². The lowest BCUT2D eigenvalue weighted by atomic mass is 9.77. The summed E-state index contributed by atoms with van der Waals surface area (Å²) in [6.45, 7) is 3.78. The molecule has 0 bridgehead atoms. The summed E-state index contributed by atoms with van der Waals surface area (Å²) in [6, 6.07) is 1.80. The van der Waals surface area contributed by atoms with Crippen molar-refractivity contribution in [3.8, 4) is 0 Å². The van der Waals surface area contributed by atoms with Crippen LogP contribution < -0.4 is 0 Å². The molecule has 2 heterocycles. The van der Waals surface area contributed by atoms with Crippen LogP contribution in [-0.2, 0) is 12.8 Å². The fourth-order valence-corrected chi connectivity index (χ4v) is 3.41. The zero-order valence-electron chi connectivity index (χ0n) is 11.3.